The smallest absolute Gasteiger partial charge is 0.224 e. The van der Waals surface area contributed by atoms with E-state index in [-0.39, 0.29) is 11.9 Å². The zero-order valence-electron chi connectivity index (χ0n) is 10.9. The first-order valence-electron chi connectivity index (χ1n) is 5.93. The van der Waals surface area contributed by atoms with E-state index in [1.165, 1.54) is 0 Å². The molecule has 1 unspecified atom stereocenters. The van der Waals surface area contributed by atoms with Crippen molar-refractivity contribution in [1.29, 1.82) is 0 Å². The molecule has 0 bridgehead atoms. The van der Waals surface area contributed by atoms with Crippen molar-refractivity contribution >= 4 is 35.0 Å². The van der Waals surface area contributed by atoms with Crippen LogP contribution in [0.25, 0.3) is 0 Å². The number of aromatic nitrogens is 2. The molecule has 1 atom stereocenters. The maximum atomic E-state index is 13.7. The Balaban J connectivity index is 2.25. The van der Waals surface area contributed by atoms with Crippen molar-refractivity contribution in [2.75, 3.05) is 17.7 Å². The molecule has 0 aliphatic carbocycles. The lowest BCUT2D eigenvalue weighted by molar-refractivity contribution is 0.614. The second-order valence-electron chi connectivity index (χ2n) is 4.17. The van der Waals surface area contributed by atoms with E-state index in [1.807, 2.05) is 6.92 Å². The topological polar surface area (TPSA) is 49.8 Å². The minimum absolute atomic E-state index is 0.114. The highest BCUT2D eigenvalue weighted by Gasteiger charge is 2.14. The number of benzene rings is 1. The van der Waals surface area contributed by atoms with Gasteiger partial charge in [0.25, 0.3) is 0 Å². The lowest BCUT2D eigenvalue weighted by Crippen LogP contribution is -2.11. The minimum atomic E-state index is -0.527. The van der Waals surface area contributed by atoms with Gasteiger partial charge in [-0.2, -0.15) is 4.98 Å². The van der Waals surface area contributed by atoms with Crippen molar-refractivity contribution in [3.05, 3.63) is 45.8 Å². The lowest BCUT2D eigenvalue weighted by Gasteiger charge is -2.17. The second-order valence-corrected chi connectivity index (χ2v) is 5.02. The monoisotopic (exact) mass is 314 g/mol. The summed E-state index contributed by atoms with van der Waals surface area (Å²) in [5.74, 6) is -0.0768. The van der Waals surface area contributed by atoms with Crippen molar-refractivity contribution < 1.29 is 4.39 Å². The molecule has 0 radical (unpaired) electrons. The van der Waals surface area contributed by atoms with E-state index in [1.54, 1.807) is 25.2 Å². The summed E-state index contributed by atoms with van der Waals surface area (Å²) in [6.07, 6.45) is 1.11. The summed E-state index contributed by atoms with van der Waals surface area (Å²) in [6, 6.07) is 4.94. The van der Waals surface area contributed by atoms with Gasteiger partial charge in [0.15, 0.2) is 11.6 Å². The predicted octanol–water partition coefficient (Wildman–Crippen LogP) is 4.14. The van der Waals surface area contributed by atoms with Gasteiger partial charge < -0.3 is 10.6 Å². The maximum absolute atomic E-state index is 13.7. The molecule has 0 saturated heterocycles. The molecule has 1 aromatic heterocycles. The van der Waals surface area contributed by atoms with Crippen molar-refractivity contribution in [1.82, 2.24) is 9.97 Å². The van der Waals surface area contributed by atoms with E-state index in [2.05, 4.69) is 20.6 Å². The van der Waals surface area contributed by atoms with E-state index in [0.29, 0.717) is 16.0 Å². The fourth-order valence-corrected chi connectivity index (χ4v) is 2.30. The molecule has 20 heavy (non-hydrogen) atoms. The molecule has 0 fully saturated rings. The Morgan fingerprint density at radius 2 is 2.05 bits per heavy atom. The number of hydrogen-bond donors (Lipinski definition) is 2. The van der Waals surface area contributed by atoms with Gasteiger partial charge in [-0.15, -0.1) is 0 Å². The van der Waals surface area contributed by atoms with Crippen molar-refractivity contribution in [3.63, 3.8) is 0 Å². The van der Waals surface area contributed by atoms with Crippen LogP contribution in [0.5, 0.6) is 0 Å². The van der Waals surface area contributed by atoms with Crippen LogP contribution in [0.4, 0.5) is 16.2 Å². The van der Waals surface area contributed by atoms with E-state index in [0.717, 1.165) is 11.8 Å². The Morgan fingerprint density at radius 3 is 2.70 bits per heavy atom. The van der Waals surface area contributed by atoms with Crippen LogP contribution in [0.3, 0.4) is 0 Å². The third kappa shape index (κ3) is 3.29. The SMILES string of the molecule is CNc1ncc(F)c(NC(C)c2ccc(Cl)cc2Cl)n1. The Morgan fingerprint density at radius 1 is 1.30 bits per heavy atom. The average Bonchev–Trinajstić information content (AvgIpc) is 2.41. The molecule has 2 rings (SSSR count). The summed E-state index contributed by atoms with van der Waals surface area (Å²) in [7, 11) is 1.66. The third-order valence-corrected chi connectivity index (χ3v) is 3.31. The molecular weight excluding hydrogens is 302 g/mol. The predicted molar refractivity (Wildman–Crippen MR) is 80.0 cm³/mol. The number of nitrogens with one attached hydrogen (secondary N) is 2. The Bertz CT molecular complexity index is 621. The maximum Gasteiger partial charge on any atom is 0.224 e. The van der Waals surface area contributed by atoms with Crippen LogP contribution in [0.2, 0.25) is 10.0 Å². The summed E-state index contributed by atoms with van der Waals surface area (Å²) in [4.78, 5) is 7.81. The average molecular weight is 315 g/mol. The van der Waals surface area contributed by atoms with Crippen LogP contribution in [-0.4, -0.2) is 17.0 Å². The lowest BCUT2D eigenvalue weighted by atomic mass is 10.1. The fourth-order valence-electron chi connectivity index (χ4n) is 1.72. The largest absolute Gasteiger partial charge is 0.361 e. The zero-order valence-corrected chi connectivity index (χ0v) is 12.4. The van der Waals surface area contributed by atoms with Crippen LogP contribution in [0, 0.1) is 5.82 Å². The Hall–Kier alpha value is -1.59. The first-order valence-corrected chi connectivity index (χ1v) is 6.68. The molecule has 0 saturated carbocycles. The molecule has 1 heterocycles. The van der Waals surface area contributed by atoms with E-state index >= 15 is 0 Å². The highest BCUT2D eigenvalue weighted by Crippen LogP contribution is 2.28. The molecule has 0 aliphatic rings. The van der Waals surface area contributed by atoms with Gasteiger partial charge in [-0.1, -0.05) is 29.3 Å². The number of nitrogens with zero attached hydrogens (tertiary/aromatic N) is 2. The fraction of sp³-hybridized carbons (Fsp3) is 0.231. The summed E-state index contributed by atoms with van der Waals surface area (Å²) in [5.41, 5.74) is 0.806. The van der Waals surface area contributed by atoms with Crippen LogP contribution in [0.1, 0.15) is 18.5 Å². The summed E-state index contributed by atoms with van der Waals surface area (Å²) >= 11 is 12.0. The summed E-state index contributed by atoms with van der Waals surface area (Å²) < 4.78 is 13.7. The van der Waals surface area contributed by atoms with Gasteiger partial charge in [0.1, 0.15) is 0 Å². The summed E-state index contributed by atoms with van der Waals surface area (Å²) in [6.45, 7) is 1.86. The molecule has 2 N–H and O–H groups in total. The van der Waals surface area contributed by atoms with Gasteiger partial charge in [-0.05, 0) is 24.6 Å². The molecule has 4 nitrogen and oxygen atoms in total. The standard InChI is InChI=1S/C13H13Cl2FN4/c1-7(9-4-3-8(14)5-10(9)15)19-12-11(16)6-18-13(17-2)20-12/h3-7H,1-2H3,(H2,17,18,19,20). The van der Waals surface area contributed by atoms with Crippen molar-refractivity contribution in [2.45, 2.75) is 13.0 Å². The quantitative estimate of drug-likeness (QED) is 0.890. The highest BCUT2D eigenvalue weighted by atomic mass is 35.5. The first kappa shape index (κ1) is 14.8. The van der Waals surface area contributed by atoms with Crippen molar-refractivity contribution in [3.8, 4) is 0 Å². The van der Waals surface area contributed by atoms with E-state index in [4.69, 9.17) is 23.2 Å². The normalized spacial score (nSPS) is 12.1. The number of anilines is 2. The Labute approximate surface area is 126 Å². The second kappa shape index (κ2) is 6.24. The zero-order chi connectivity index (χ0) is 14.7. The summed E-state index contributed by atoms with van der Waals surface area (Å²) in [5, 5.41) is 6.79. The number of rotatable bonds is 4. The number of halogens is 3. The molecule has 1 aromatic carbocycles. The molecule has 0 spiro atoms. The van der Waals surface area contributed by atoms with Crippen molar-refractivity contribution in [2.24, 2.45) is 0 Å². The molecule has 106 valence electrons. The van der Waals surface area contributed by atoms with Gasteiger partial charge in [0.2, 0.25) is 5.95 Å². The van der Waals surface area contributed by atoms with Crippen LogP contribution < -0.4 is 10.6 Å². The van der Waals surface area contributed by atoms with Gasteiger partial charge in [0, 0.05) is 17.1 Å². The highest BCUT2D eigenvalue weighted by molar-refractivity contribution is 6.35. The molecule has 0 amide bonds. The van der Waals surface area contributed by atoms with Gasteiger partial charge in [-0.25, -0.2) is 9.37 Å². The van der Waals surface area contributed by atoms with E-state index in [9.17, 15) is 4.39 Å². The van der Waals surface area contributed by atoms with Gasteiger partial charge in [-0.3, -0.25) is 0 Å². The van der Waals surface area contributed by atoms with E-state index < -0.39 is 5.82 Å². The van der Waals surface area contributed by atoms with Crippen LogP contribution >= 0.6 is 23.2 Å². The molecule has 7 heteroatoms. The van der Waals surface area contributed by atoms with Gasteiger partial charge in [0.05, 0.1) is 12.2 Å². The van der Waals surface area contributed by atoms with Gasteiger partial charge >= 0.3 is 0 Å². The van der Waals surface area contributed by atoms with Crippen LogP contribution in [0.15, 0.2) is 24.4 Å². The number of hydrogen-bond acceptors (Lipinski definition) is 4. The third-order valence-electron chi connectivity index (χ3n) is 2.75. The van der Waals surface area contributed by atoms with Crippen LogP contribution in [-0.2, 0) is 0 Å². The molecule has 0 aliphatic heterocycles. The molecular formula is C13H13Cl2FN4. The minimum Gasteiger partial charge on any atom is -0.361 e. The first-order chi connectivity index (χ1) is 9.51. The Kier molecular flexibility index (Phi) is 4.62. The molecule has 2 aromatic rings.